The molecule has 0 aliphatic heterocycles. The first-order valence-corrected chi connectivity index (χ1v) is 7.95. The van der Waals surface area contributed by atoms with Crippen molar-refractivity contribution in [3.8, 4) is 17.5 Å². The molecule has 112 valence electrons. The Balaban J connectivity index is 2.12. The van der Waals surface area contributed by atoms with Gasteiger partial charge in [0.25, 0.3) is 0 Å². The van der Waals surface area contributed by atoms with Gasteiger partial charge in [0.05, 0.1) is 16.1 Å². The molecule has 0 aliphatic carbocycles. The van der Waals surface area contributed by atoms with Crippen LogP contribution in [-0.2, 0) is 6.54 Å². The van der Waals surface area contributed by atoms with Crippen LogP contribution in [0.4, 0.5) is 0 Å². The largest absolute Gasteiger partial charge is 0.496 e. The third-order valence-electron chi connectivity index (χ3n) is 2.67. The second kappa shape index (κ2) is 7.72. The number of aromatic nitrogens is 2. The minimum absolute atomic E-state index is 0.299. The maximum Gasteiger partial charge on any atom is 0.321 e. The molecule has 0 spiro atoms. The molecule has 21 heavy (non-hydrogen) atoms. The molecule has 0 radical (unpaired) electrons. The molecular formula is C14H15Br2N3O2. The Morgan fingerprint density at radius 2 is 1.71 bits per heavy atom. The lowest BCUT2D eigenvalue weighted by Crippen LogP contribution is -2.12. The van der Waals surface area contributed by atoms with Crippen LogP contribution in [-0.4, -0.2) is 23.6 Å². The molecule has 0 bridgehead atoms. The summed E-state index contributed by atoms with van der Waals surface area (Å²) in [5, 5.41) is 3.21. The normalized spacial score (nSPS) is 10.5. The number of nitrogens with one attached hydrogen (secondary N) is 1. The van der Waals surface area contributed by atoms with Crippen LogP contribution >= 0.6 is 31.9 Å². The molecule has 0 aliphatic rings. The van der Waals surface area contributed by atoms with Gasteiger partial charge in [0.1, 0.15) is 11.5 Å². The van der Waals surface area contributed by atoms with E-state index in [1.807, 2.05) is 6.07 Å². The van der Waals surface area contributed by atoms with Gasteiger partial charge in [-0.3, -0.25) is 0 Å². The van der Waals surface area contributed by atoms with Crippen LogP contribution in [0.25, 0.3) is 0 Å². The van der Waals surface area contributed by atoms with E-state index in [1.165, 1.54) is 0 Å². The summed E-state index contributed by atoms with van der Waals surface area (Å²) in [6.07, 6.45) is 3.49. The second-order valence-electron chi connectivity index (χ2n) is 4.17. The van der Waals surface area contributed by atoms with Crippen molar-refractivity contribution >= 4 is 31.9 Å². The molecule has 1 N–H and O–H groups in total. The fraction of sp³-hybridized carbons (Fsp3) is 0.286. The van der Waals surface area contributed by atoms with Gasteiger partial charge in [0, 0.05) is 30.6 Å². The van der Waals surface area contributed by atoms with Gasteiger partial charge in [-0.25, -0.2) is 9.97 Å². The van der Waals surface area contributed by atoms with Crippen molar-refractivity contribution in [2.75, 3.05) is 13.7 Å². The number of rotatable bonds is 6. The highest BCUT2D eigenvalue weighted by Gasteiger charge is 2.10. The van der Waals surface area contributed by atoms with Gasteiger partial charge in [-0.15, -0.1) is 0 Å². The van der Waals surface area contributed by atoms with E-state index in [1.54, 1.807) is 25.6 Å². The Labute approximate surface area is 140 Å². The summed E-state index contributed by atoms with van der Waals surface area (Å²) in [6.45, 7) is 3.71. The summed E-state index contributed by atoms with van der Waals surface area (Å²) in [4.78, 5) is 8.40. The van der Waals surface area contributed by atoms with Crippen molar-refractivity contribution in [1.82, 2.24) is 15.3 Å². The Morgan fingerprint density at radius 3 is 2.33 bits per heavy atom. The molecule has 1 aromatic heterocycles. The summed E-state index contributed by atoms with van der Waals surface area (Å²) < 4.78 is 12.5. The number of benzene rings is 1. The summed E-state index contributed by atoms with van der Waals surface area (Å²) in [5.74, 6) is 1.33. The van der Waals surface area contributed by atoms with E-state index in [2.05, 4.69) is 54.1 Å². The second-order valence-corrected chi connectivity index (χ2v) is 5.88. The summed E-state index contributed by atoms with van der Waals surface area (Å²) in [7, 11) is 1.61. The minimum atomic E-state index is 0.299. The first-order chi connectivity index (χ1) is 10.1. The van der Waals surface area contributed by atoms with Gasteiger partial charge >= 0.3 is 6.01 Å². The topological polar surface area (TPSA) is 56.3 Å². The molecule has 1 aromatic carbocycles. The highest BCUT2D eigenvalue weighted by atomic mass is 79.9. The number of halogens is 2. The fourth-order valence-electron chi connectivity index (χ4n) is 1.60. The van der Waals surface area contributed by atoms with Gasteiger partial charge < -0.3 is 14.8 Å². The molecule has 5 nitrogen and oxygen atoms in total. The maximum absolute atomic E-state index is 5.67. The Morgan fingerprint density at radius 1 is 1.10 bits per heavy atom. The molecule has 1 heterocycles. The highest BCUT2D eigenvalue weighted by Crippen LogP contribution is 2.37. The molecule has 0 unspecified atom stereocenters. The lowest BCUT2D eigenvalue weighted by molar-refractivity contribution is 0.406. The lowest BCUT2D eigenvalue weighted by atomic mass is 10.3. The number of hydrogen-bond acceptors (Lipinski definition) is 5. The van der Waals surface area contributed by atoms with Gasteiger partial charge in [0.2, 0.25) is 0 Å². The zero-order chi connectivity index (χ0) is 15.2. The van der Waals surface area contributed by atoms with E-state index in [4.69, 9.17) is 9.47 Å². The van der Waals surface area contributed by atoms with Crippen molar-refractivity contribution in [2.45, 2.75) is 13.5 Å². The molecular weight excluding hydrogens is 402 g/mol. The number of methoxy groups -OCH3 is 1. The van der Waals surface area contributed by atoms with Crippen LogP contribution in [0.3, 0.4) is 0 Å². The van der Waals surface area contributed by atoms with Crippen LogP contribution in [0.1, 0.15) is 12.5 Å². The molecule has 0 saturated heterocycles. The molecule has 7 heteroatoms. The van der Waals surface area contributed by atoms with Crippen molar-refractivity contribution in [3.05, 3.63) is 39.0 Å². The van der Waals surface area contributed by atoms with Crippen molar-refractivity contribution in [2.24, 2.45) is 0 Å². The molecule has 0 amide bonds. The predicted molar refractivity (Wildman–Crippen MR) is 87.9 cm³/mol. The average Bonchev–Trinajstić information content (AvgIpc) is 2.50. The summed E-state index contributed by atoms with van der Waals surface area (Å²) in [5.41, 5.74) is 1.01. The lowest BCUT2D eigenvalue weighted by Gasteiger charge is -2.10. The Kier molecular flexibility index (Phi) is 5.96. The minimum Gasteiger partial charge on any atom is -0.496 e. The maximum atomic E-state index is 5.67. The predicted octanol–water partition coefficient (Wildman–Crippen LogP) is 3.91. The standard InChI is InChI=1S/C14H15Br2N3O2/c1-3-17-6-9-7-18-14(19-8-9)21-13-5-10(15)12(20-2)4-11(13)16/h4-5,7-8,17H,3,6H2,1-2H3. The van der Waals surface area contributed by atoms with E-state index < -0.39 is 0 Å². The molecule has 2 rings (SSSR count). The van der Waals surface area contributed by atoms with Crippen molar-refractivity contribution in [1.29, 1.82) is 0 Å². The van der Waals surface area contributed by atoms with E-state index in [-0.39, 0.29) is 0 Å². The smallest absolute Gasteiger partial charge is 0.321 e. The van der Waals surface area contributed by atoms with E-state index >= 15 is 0 Å². The SMILES string of the molecule is CCNCc1cnc(Oc2cc(Br)c(OC)cc2Br)nc1. The molecule has 2 aromatic rings. The van der Waals surface area contributed by atoms with Gasteiger partial charge in [-0.1, -0.05) is 6.92 Å². The van der Waals surface area contributed by atoms with Crippen LogP contribution in [0.2, 0.25) is 0 Å². The van der Waals surface area contributed by atoms with Gasteiger partial charge in [-0.05, 0) is 44.5 Å². The molecule has 0 saturated carbocycles. The monoisotopic (exact) mass is 415 g/mol. The van der Waals surface area contributed by atoms with Gasteiger partial charge in [0.15, 0.2) is 0 Å². The van der Waals surface area contributed by atoms with Crippen LogP contribution < -0.4 is 14.8 Å². The first-order valence-electron chi connectivity index (χ1n) is 6.36. The fourth-order valence-corrected chi connectivity index (χ4v) is 2.49. The number of hydrogen-bond donors (Lipinski definition) is 1. The first kappa shape index (κ1) is 16.2. The van der Waals surface area contributed by atoms with Crippen LogP contribution in [0.5, 0.6) is 17.5 Å². The van der Waals surface area contributed by atoms with E-state index in [0.717, 1.165) is 33.3 Å². The Bertz CT molecular complexity index is 606. The van der Waals surface area contributed by atoms with Crippen LogP contribution in [0, 0.1) is 0 Å². The summed E-state index contributed by atoms with van der Waals surface area (Å²) >= 11 is 6.86. The van der Waals surface area contributed by atoms with Crippen molar-refractivity contribution < 1.29 is 9.47 Å². The van der Waals surface area contributed by atoms with E-state index in [0.29, 0.717) is 11.8 Å². The van der Waals surface area contributed by atoms with Gasteiger partial charge in [-0.2, -0.15) is 0 Å². The number of nitrogens with zero attached hydrogens (tertiary/aromatic N) is 2. The molecule has 0 fully saturated rings. The summed E-state index contributed by atoms with van der Waals surface area (Å²) in [6, 6.07) is 3.92. The molecule has 0 atom stereocenters. The third kappa shape index (κ3) is 4.39. The average molecular weight is 417 g/mol. The quantitative estimate of drug-likeness (QED) is 0.773. The third-order valence-corrected chi connectivity index (χ3v) is 3.91. The zero-order valence-corrected chi connectivity index (χ0v) is 14.9. The number of ether oxygens (including phenoxy) is 2. The Hall–Kier alpha value is -1.18. The highest BCUT2D eigenvalue weighted by molar-refractivity contribution is 9.11. The van der Waals surface area contributed by atoms with Crippen LogP contribution in [0.15, 0.2) is 33.5 Å². The van der Waals surface area contributed by atoms with Crippen molar-refractivity contribution in [3.63, 3.8) is 0 Å². The van der Waals surface area contributed by atoms with E-state index in [9.17, 15) is 0 Å². The zero-order valence-electron chi connectivity index (χ0n) is 11.7.